The summed E-state index contributed by atoms with van der Waals surface area (Å²) in [5.74, 6) is 0.282. The van der Waals surface area contributed by atoms with Crippen molar-refractivity contribution in [3.8, 4) is 0 Å². The van der Waals surface area contributed by atoms with Crippen molar-refractivity contribution in [1.29, 1.82) is 0 Å². The summed E-state index contributed by atoms with van der Waals surface area (Å²) in [4.78, 5) is 23.6. The minimum absolute atomic E-state index is 0. The van der Waals surface area contributed by atoms with E-state index in [-0.39, 0.29) is 35.7 Å². The topological polar surface area (TPSA) is 94.2 Å². The molecular formula is C21H26FIN6O. The molecule has 7 nitrogen and oxygen atoms in total. The van der Waals surface area contributed by atoms with Crippen LogP contribution in [0.25, 0.3) is 10.9 Å². The Kier molecular flexibility index (Phi) is 9.52. The summed E-state index contributed by atoms with van der Waals surface area (Å²) in [6, 6.07) is 8.20. The number of aromatic amines is 1. The molecule has 9 heteroatoms. The summed E-state index contributed by atoms with van der Waals surface area (Å²) < 4.78 is 13.3. The maximum Gasteiger partial charge on any atom is 0.252 e. The number of benzene rings is 1. The van der Waals surface area contributed by atoms with E-state index in [1.165, 1.54) is 18.3 Å². The summed E-state index contributed by atoms with van der Waals surface area (Å²) in [7, 11) is 0. The molecule has 0 saturated carbocycles. The van der Waals surface area contributed by atoms with Crippen molar-refractivity contribution in [2.24, 2.45) is 4.99 Å². The number of halogens is 2. The molecule has 0 spiro atoms. The van der Waals surface area contributed by atoms with Crippen molar-refractivity contribution >= 4 is 46.7 Å². The molecule has 0 aliphatic rings. The summed E-state index contributed by atoms with van der Waals surface area (Å²) in [5, 5.41) is 10.2. The van der Waals surface area contributed by atoms with E-state index in [2.05, 4.69) is 30.9 Å². The van der Waals surface area contributed by atoms with Crippen molar-refractivity contribution in [3.05, 3.63) is 65.9 Å². The fourth-order valence-corrected chi connectivity index (χ4v) is 2.95. The van der Waals surface area contributed by atoms with Gasteiger partial charge in [-0.25, -0.2) is 4.39 Å². The fourth-order valence-electron chi connectivity index (χ4n) is 2.95. The number of nitrogens with zero attached hydrogens (tertiary/aromatic N) is 2. The molecule has 0 aliphatic carbocycles. The second-order valence-corrected chi connectivity index (χ2v) is 6.44. The number of carbonyl (C=O) groups excluding carboxylic acids is 1. The number of H-pyrrole nitrogens is 1. The highest BCUT2D eigenvalue weighted by Crippen LogP contribution is 2.19. The summed E-state index contributed by atoms with van der Waals surface area (Å²) in [5.41, 5.74) is 2.42. The van der Waals surface area contributed by atoms with Crippen LogP contribution in [0.15, 0.2) is 53.9 Å². The number of rotatable bonds is 8. The van der Waals surface area contributed by atoms with E-state index >= 15 is 0 Å². The first-order valence-corrected chi connectivity index (χ1v) is 9.63. The highest BCUT2D eigenvalue weighted by Gasteiger charge is 2.06. The molecule has 0 aliphatic heterocycles. The maximum absolute atomic E-state index is 13.3. The molecule has 0 unspecified atom stereocenters. The van der Waals surface area contributed by atoms with Crippen LogP contribution in [0.5, 0.6) is 0 Å². The molecule has 4 N–H and O–H groups in total. The average molecular weight is 524 g/mol. The van der Waals surface area contributed by atoms with Crippen LogP contribution >= 0.6 is 24.0 Å². The Morgan fingerprint density at radius 2 is 2.03 bits per heavy atom. The van der Waals surface area contributed by atoms with Gasteiger partial charge in [0.2, 0.25) is 0 Å². The van der Waals surface area contributed by atoms with Gasteiger partial charge in [-0.05, 0) is 49.2 Å². The average Bonchev–Trinajstić information content (AvgIpc) is 3.13. The van der Waals surface area contributed by atoms with Gasteiger partial charge in [-0.15, -0.1) is 24.0 Å². The second kappa shape index (κ2) is 12.1. The Labute approximate surface area is 192 Å². The third-order valence-corrected chi connectivity index (χ3v) is 4.35. The van der Waals surface area contributed by atoms with E-state index in [0.717, 1.165) is 29.4 Å². The van der Waals surface area contributed by atoms with E-state index < -0.39 is 0 Å². The van der Waals surface area contributed by atoms with Gasteiger partial charge in [0.15, 0.2) is 5.96 Å². The number of hydrogen-bond acceptors (Lipinski definition) is 3. The number of nitrogens with one attached hydrogen (secondary N) is 4. The number of carbonyl (C=O) groups is 1. The van der Waals surface area contributed by atoms with Gasteiger partial charge < -0.3 is 20.9 Å². The molecule has 1 aromatic carbocycles. The Bertz CT molecular complexity index is 976. The zero-order chi connectivity index (χ0) is 20.5. The summed E-state index contributed by atoms with van der Waals surface area (Å²) in [6.07, 6.45) is 5.80. The molecule has 3 aromatic rings. The van der Waals surface area contributed by atoms with Crippen molar-refractivity contribution in [2.75, 3.05) is 26.2 Å². The molecule has 1 amide bonds. The Hall–Kier alpha value is -2.69. The van der Waals surface area contributed by atoms with Gasteiger partial charge in [-0.1, -0.05) is 0 Å². The number of amides is 1. The van der Waals surface area contributed by atoms with Crippen LogP contribution in [0.4, 0.5) is 4.39 Å². The molecule has 30 heavy (non-hydrogen) atoms. The third-order valence-electron chi connectivity index (χ3n) is 4.35. The van der Waals surface area contributed by atoms with E-state index in [4.69, 9.17) is 0 Å². The van der Waals surface area contributed by atoms with Crippen LogP contribution in [0.2, 0.25) is 0 Å². The first kappa shape index (κ1) is 23.6. The quantitative estimate of drug-likeness (QED) is 0.158. The van der Waals surface area contributed by atoms with Crippen molar-refractivity contribution in [1.82, 2.24) is 25.9 Å². The Morgan fingerprint density at radius 3 is 2.80 bits per heavy atom. The molecule has 2 aromatic heterocycles. The number of hydrogen-bond donors (Lipinski definition) is 4. The molecule has 2 heterocycles. The molecule has 0 atom stereocenters. The number of guanidine groups is 1. The number of fused-ring (bicyclic) bond motifs is 1. The first-order valence-electron chi connectivity index (χ1n) is 9.63. The lowest BCUT2D eigenvalue weighted by Gasteiger charge is -2.12. The van der Waals surface area contributed by atoms with E-state index in [0.29, 0.717) is 31.2 Å². The highest BCUT2D eigenvalue weighted by molar-refractivity contribution is 14.0. The predicted octanol–water partition coefficient (Wildman–Crippen LogP) is 2.85. The molecule has 0 saturated heterocycles. The molecule has 0 bridgehead atoms. The smallest absolute Gasteiger partial charge is 0.252 e. The van der Waals surface area contributed by atoms with Crippen LogP contribution in [0.1, 0.15) is 22.8 Å². The van der Waals surface area contributed by atoms with Gasteiger partial charge in [-0.3, -0.25) is 14.8 Å². The van der Waals surface area contributed by atoms with E-state index in [1.807, 2.05) is 13.1 Å². The minimum atomic E-state index is -0.252. The van der Waals surface area contributed by atoms with Crippen LogP contribution in [0.3, 0.4) is 0 Å². The van der Waals surface area contributed by atoms with Crippen molar-refractivity contribution in [2.45, 2.75) is 13.3 Å². The van der Waals surface area contributed by atoms with Crippen molar-refractivity contribution < 1.29 is 9.18 Å². The first-order chi connectivity index (χ1) is 14.2. The highest BCUT2D eigenvalue weighted by atomic mass is 127. The van der Waals surface area contributed by atoms with Crippen LogP contribution in [0, 0.1) is 5.82 Å². The summed E-state index contributed by atoms with van der Waals surface area (Å²) in [6.45, 7) is 4.33. The Morgan fingerprint density at radius 1 is 1.20 bits per heavy atom. The second-order valence-electron chi connectivity index (χ2n) is 6.44. The van der Waals surface area contributed by atoms with E-state index in [9.17, 15) is 9.18 Å². The largest absolute Gasteiger partial charge is 0.361 e. The van der Waals surface area contributed by atoms with Gasteiger partial charge >= 0.3 is 0 Å². The van der Waals surface area contributed by atoms with Gasteiger partial charge in [0.05, 0.1) is 5.56 Å². The third kappa shape index (κ3) is 6.68. The molecule has 3 rings (SSSR count). The van der Waals surface area contributed by atoms with Crippen LogP contribution in [-0.2, 0) is 6.42 Å². The van der Waals surface area contributed by atoms with Crippen molar-refractivity contribution in [3.63, 3.8) is 0 Å². The lowest BCUT2D eigenvalue weighted by Crippen LogP contribution is -2.41. The molecule has 0 fully saturated rings. The van der Waals surface area contributed by atoms with Gasteiger partial charge in [0.25, 0.3) is 5.91 Å². The van der Waals surface area contributed by atoms with Crippen LogP contribution < -0.4 is 16.0 Å². The number of pyridine rings is 1. The summed E-state index contributed by atoms with van der Waals surface area (Å²) >= 11 is 0. The monoisotopic (exact) mass is 524 g/mol. The zero-order valence-corrected chi connectivity index (χ0v) is 19.1. The lowest BCUT2D eigenvalue weighted by atomic mass is 10.1. The Balaban J connectivity index is 0.00000320. The minimum Gasteiger partial charge on any atom is -0.361 e. The zero-order valence-electron chi connectivity index (χ0n) is 16.7. The maximum atomic E-state index is 13.3. The SMILES string of the molecule is CCNC(=NCCc1c[nH]c2cc(F)ccc12)NCCNC(=O)c1cccnc1.I. The number of aliphatic imine (C=N–C) groups is 1. The predicted molar refractivity (Wildman–Crippen MR) is 128 cm³/mol. The number of aromatic nitrogens is 2. The molecule has 0 radical (unpaired) electrons. The normalized spacial score (nSPS) is 11.1. The van der Waals surface area contributed by atoms with Gasteiger partial charge in [0, 0.05) is 55.7 Å². The molecule has 160 valence electrons. The lowest BCUT2D eigenvalue weighted by molar-refractivity contribution is 0.0954. The van der Waals surface area contributed by atoms with Gasteiger partial charge in [0.1, 0.15) is 5.82 Å². The standard InChI is InChI=1S/C21H25FN6O.HI/c1-2-24-21(27-11-10-25-20(29)16-4-3-8-23-13-16)26-9-7-15-14-28-19-12-17(22)5-6-18(15)19;/h3-6,8,12-14,28H,2,7,9-11H2,1H3,(H,25,29)(H2,24,26,27);1H. The van der Waals surface area contributed by atoms with E-state index in [1.54, 1.807) is 24.4 Å². The fraction of sp³-hybridized carbons (Fsp3) is 0.286. The van der Waals surface area contributed by atoms with Gasteiger partial charge in [-0.2, -0.15) is 0 Å². The molecular weight excluding hydrogens is 498 g/mol. The van der Waals surface area contributed by atoms with Crippen LogP contribution in [-0.4, -0.2) is 48.0 Å².